The first-order chi connectivity index (χ1) is 9.11. The predicted molar refractivity (Wildman–Crippen MR) is 78.0 cm³/mol. The number of unbranched alkanes of at least 4 members (excludes halogenated alkanes) is 1. The highest BCUT2D eigenvalue weighted by molar-refractivity contribution is 7.12. The van der Waals surface area contributed by atoms with Gasteiger partial charge in [-0.05, 0) is 38.5 Å². The summed E-state index contributed by atoms with van der Waals surface area (Å²) in [6, 6.07) is 0. The Kier molecular flexibility index (Phi) is 4.97. The Balaban J connectivity index is 1.94. The molecule has 0 unspecified atom stereocenters. The van der Waals surface area contributed by atoms with Gasteiger partial charge in [0.25, 0.3) is 0 Å². The Morgan fingerprint density at radius 2 is 2.05 bits per heavy atom. The zero-order valence-corrected chi connectivity index (χ0v) is 12.6. The topological polar surface area (TPSA) is 50.2 Å². The number of thiazole rings is 1. The van der Waals surface area contributed by atoms with Crippen LogP contribution < -0.4 is 0 Å². The molecule has 1 heterocycles. The fourth-order valence-corrected chi connectivity index (χ4v) is 4.06. The molecule has 2 rings (SSSR count). The van der Waals surface area contributed by atoms with Crippen molar-refractivity contribution in [2.75, 3.05) is 0 Å². The highest BCUT2D eigenvalue weighted by Gasteiger charge is 2.26. The van der Waals surface area contributed by atoms with Crippen molar-refractivity contribution in [2.45, 2.75) is 64.7 Å². The summed E-state index contributed by atoms with van der Waals surface area (Å²) < 4.78 is 0. The summed E-state index contributed by atoms with van der Waals surface area (Å²) >= 11 is 1.58. The maximum absolute atomic E-state index is 11.0. The van der Waals surface area contributed by atoms with Gasteiger partial charge in [0, 0.05) is 10.8 Å². The number of carboxylic acid groups (broad SMARTS) is 1. The van der Waals surface area contributed by atoms with Gasteiger partial charge in [-0.2, -0.15) is 0 Å². The fourth-order valence-electron chi connectivity index (χ4n) is 2.98. The molecule has 0 aromatic carbocycles. The van der Waals surface area contributed by atoms with E-state index in [9.17, 15) is 4.79 Å². The average Bonchev–Trinajstić information content (AvgIpc) is 2.79. The van der Waals surface area contributed by atoms with E-state index in [2.05, 4.69) is 11.9 Å². The van der Waals surface area contributed by atoms with Crippen molar-refractivity contribution < 1.29 is 9.90 Å². The lowest BCUT2D eigenvalue weighted by Crippen LogP contribution is -2.13. The number of carbonyl (C=O) groups is 1. The van der Waals surface area contributed by atoms with Gasteiger partial charge in [-0.25, -0.2) is 9.78 Å². The van der Waals surface area contributed by atoms with Gasteiger partial charge in [-0.1, -0.05) is 26.2 Å². The van der Waals surface area contributed by atoms with Gasteiger partial charge in [-0.3, -0.25) is 0 Å². The maximum Gasteiger partial charge on any atom is 0.355 e. The average molecular weight is 281 g/mol. The van der Waals surface area contributed by atoms with Crippen molar-refractivity contribution in [1.29, 1.82) is 0 Å². The minimum atomic E-state index is -0.892. The Morgan fingerprint density at radius 1 is 1.37 bits per heavy atom. The van der Waals surface area contributed by atoms with E-state index in [4.69, 9.17) is 5.11 Å². The second kappa shape index (κ2) is 6.51. The van der Waals surface area contributed by atoms with Crippen LogP contribution in [0.3, 0.4) is 0 Å². The molecule has 1 fully saturated rings. The Labute approximate surface area is 119 Å². The van der Waals surface area contributed by atoms with E-state index < -0.39 is 5.97 Å². The van der Waals surface area contributed by atoms with Crippen LogP contribution in [0.2, 0.25) is 0 Å². The van der Waals surface area contributed by atoms with Gasteiger partial charge in [0.05, 0.1) is 5.01 Å². The second-order valence-corrected chi connectivity index (χ2v) is 6.86. The SMILES string of the molecule is CCCCC1CCC(c2nc(C(=O)O)c(C)s2)CC1. The van der Waals surface area contributed by atoms with Gasteiger partial charge >= 0.3 is 5.97 Å². The van der Waals surface area contributed by atoms with Gasteiger partial charge < -0.3 is 5.11 Å². The third-order valence-corrected chi connectivity index (χ3v) is 5.31. The third kappa shape index (κ3) is 3.56. The van der Waals surface area contributed by atoms with E-state index in [-0.39, 0.29) is 5.69 Å². The highest BCUT2D eigenvalue weighted by Crippen LogP contribution is 2.39. The van der Waals surface area contributed by atoms with E-state index in [0.29, 0.717) is 5.92 Å². The summed E-state index contributed by atoms with van der Waals surface area (Å²) in [5.41, 5.74) is 0.258. The van der Waals surface area contributed by atoms with Gasteiger partial charge in [0.15, 0.2) is 5.69 Å². The van der Waals surface area contributed by atoms with Crippen LogP contribution in [0.25, 0.3) is 0 Å². The summed E-state index contributed by atoms with van der Waals surface area (Å²) in [6.07, 6.45) is 8.92. The molecule has 1 aromatic rings. The number of carboxylic acids is 1. The van der Waals surface area contributed by atoms with E-state index in [0.717, 1.165) is 15.8 Å². The molecule has 0 atom stereocenters. The van der Waals surface area contributed by atoms with Gasteiger partial charge in [0.1, 0.15) is 0 Å². The van der Waals surface area contributed by atoms with Crippen molar-refractivity contribution in [2.24, 2.45) is 5.92 Å². The first kappa shape index (κ1) is 14.5. The minimum absolute atomic E-state index is 0.258. The number of rotatable bonds is 5. The summed E-state index contributed by atoms with van der Waals surface area (Å²) in [6.45, 7) is 4.11. The molecule has 0 spiro atoms. The Bertz CT molecular complexity index is 433. The third-order valence-electron chi connectivity index (χ3n) is 4.18. The number of hydrogen-bond donors (Lipinski definition) is 1. The molecule has 1 aliphatic carbocycles. The fraction of sp³-hybridized carbons (Fsp3) is 0.733. The van der Waals surface area contributed by atoms with Gasteiger partial charge in [-0.15, -0.1) is 11.3 Å². The van der Waals surface area contributed by atoms with E-state index in [1.54, 1.807) is 11.3 Å². The lowest BCUT2D eigenvalue weighted by molar-refractivity contribution is 0.0690. The van der Waals surface area contributed by atoms with Crippen molar-refractivity contribution in [3.05, 3.63) is 15.6 Å². The monoisotopic (exact) mass is 281 g/mol. The molecular weight excluding hydrogens is 258 g/mol. The van der Waals surface area contributed by atoms with E-state index >= 15 is 0 Å². The van der Waals surface area contributed by atoms with Crippen LogP contribution in [0, 0.1) is 12.8 Å². The van der Waals surface area contributed by atoms with Crippen molar-refractivity contribution in [1.82, 2.24) is 4.98 Å². The van der Waals surface area contributed by atoms with E-state index in [1.165, 1.54) is 44.9 Å². The van der Waals surface area contributed by atoms with Crippen LogP contribution in [0.1, 0.15) is 78.2 Å². The zero-order valence-electron chi connectivity index (χ0n) is 11.8. The largest absolute Gasteiger partial charge is 0.476 e. The smallest absolute Gasteiger partial charge is 0.355 e. The molecule has 1 N–H and O–H groups in total. The first-order valence-corrected chi connectivity index (χ1v) is 8.14. The number of aromatic nitrogens is 1. The number of aromatic carboxylic acids is 1. The second-order valence-electron chi connectivity index (χ2n) is 5.62. The molecule has 1 aromatic heterocycles. The zero-order chi connectivity index (χ0) is 13.8. The Hall–Kier alpha value is -0.900. The number of nitrogens with zero attached hydrogens (tertiary/aromatic N) is 1. The minimum Gasteiger partial charge on any atom is -0.476 e. The molecule has 4 heteroatoms. The quantitative estimate of drug-likeness (QED) is 0.857. The lowest BCUT2D eigenvalue weighted by atomic mass is 9.80. The van der Waals surface area contributed by atoms with Crippen LogP contribution in [-0.4, -0.2) is 16.1 Å². The van der Waals surface area contributed by atoms with Crippen molar-refractivity contribution in [3.63, 3.8) is 0 Å². The molecule has 0 saturated heterocycles. The molecule has 1 aliphatic rings. The van der Waals surface area contributed by atoms with Crippen LogP contribution >= 0.6 is 11.3 Å². The van der Waals surface area contributed by atoms with Crippen LogP contribution in [0.15, 0.2) is 0 Å². The van der Waals surface area contributed by atoms with Crippen molar-refractivity contribution >= 4 is 17.3 Å². The molecule has 3 nitrogen and oxygen atoms in total. The maximum atomic E-state index is 11.0. The normalized spacial score (nSPS) is 23.5. The molecule has 1 saturated carbocycles. The molecule has 0 radical (unpaired) electrons. The number of hydrogen-bond acceptors (Lipinski definition) is 3. The molecule has 106 valence electrons. The molecule has 0 bridgehead atoms. The van der Waals surface area contributed by atoms with Crippen LogP contribution in [0.4, 0.5) is 0 Å². The highest BCUT2D eigenvalue weighted by atomic mass is 32.1. The summed E-state index contributed by atoms with van der Waals surface area (Å²) in [5, 5.41) is 10.1. The standard InChI is InChI=1S/C15H23NO2S/c1-3-4-5-11-6-8-12(9-7-11)14-16-13(15(17)18)10(2)19-14/h11-12H,3-9H2,1-2H3,(H,17,18). The van der Waals surface area contributed by atoms with Gasteiger partial charge in [0.2, 0.25) is 0 Å². The predicted octanol–water partition coefficient (Wildman–Crippen LogP) is 4.61. The molecule has 0 aliphatic heterocycles. The molecule has 19 heavy (non-hydrogen) atoms. The first-order valence-electron chi connectivity index (χ1n) is 7.32. The molecular formula is C15H23NO2S. The van der Waals surface area contributed by atoms with Crippen LogP contribution in [0.5, 0.6) is 0 Å². The van der Waals surface area contributed by atoms with Crippen LogP contribution in [-0.2, 0) is 0 Å². The summed E-state index contributed by atoms with van der Waals surface area (Å²) in [5.74, 6) is 0.488. The lowest BCUT2D eigenvalue weighted by Gasteiger charge is -2.27. The molecule has 0 amide bonds. The summed E-state index contributed by atoms with van der Waals surface area (Å²) in [7, 11) is 0. The summed E-state index contributed by atoms with van der Waals surface area (Å²) in [4.78, 5) is 16.2. The van der Waals surface area contributed by atoms with Crippen molar-refractivity contribution in [3.8, 4) is 0 Å². The van der Waals surface area contributed by atoms with E-state index in [1.807, 2.05) is 6.92 Å². The number of aryl methyl sites for hydroxylation is 1. The Morgan fingerprint density at radius 3 is 2.58 bits per heavy atom.